The van der Waals surface area contributed by atoms with Crippen molar-refractivity contribution in [2.75, 3.05) is 0 Å². The van der Waals surface area contributed by atoms with E-state index in [2.05, 4.69) is 171 Å². The van der Waals surface area contributed by atoms with Crippen LogP contribution in [-0.4, -0.2) is 19.1 Å². The third-order valence-electron chi connectivity index (χ3n) is 12.7. The fraction of sp³-hybridized carbons (Fsp3) is 0.167. The van der Waals surface area contributed by atoms with Gasteiger partial charge >= 0.3 is 0 Å². The lowest BCUT2D eigenvalue weighted by Crippen LogP contribution is -2.31. The highest BCUT2D eigenvalue weighted by Gasteiger charge is 2.50. The lowest BCUT2D eigenvalue weighted by molar-refractivity contribution is 0.264. The quantitative estimate of drug-likeness (QED) is 0.184. The van der Waals surface area contributed by atoms with Gasteiger partial charge in [-0.3, -0.25) is 4.57 Å². The van der Waals surface area contributed by atoms with E-state index in [-0.39, 0.29) is 10.8 Å². The fourth-order valence-electron chi connectivity index (χ4n) is 9.66. The van der Waals surface area contributed by atoms with Crippen LogP contribution in [0.25, 0.3) is 86.8 Å². The third kappa shape index (κ3) is 4.06. The Hall–Kier alpha value is -5.78. The Morgan fingerprint density at radius 2 is 1.17 bits per heavy atom. The van der Waals surface area contributed by atoms with Crippen LogP contribution >= 0.6 is 11.3 Å². The number of rotatable bonds is 3. The largest absolute Gasteiger partial charge is 0.309 e. The maximum Gasteiger partial charge on any atom is 0.162 e. The summed E-state index contributed by atoms with van der Waals surface area (Å²) >= 11 is 1.78. The topological polar surface area (TPSA) is 35.6 Å². The molecule has 1 unspecified atom stereocenters. The van der Waals surface area contributed by atoms with E-state index in [1.165, 1.54) is 54.1 Å². The summed E-state index contributed by atoms with van der Waals surface area (Å²) < 4.78 is 7.26. The van der Waals surface area contributed by atoms with Crippen LogP contribution in [0, 0.1) is 5.92 Å². The third-order valence-corrected chi connectivity index (χ3v) is 13.9. The van der Waals surface area contributed by atoms with Crippen molar-refractivity contribution in [3.63, 3.8) is 0 Å². The van der Waals surface area contributed by atoms with E-state index in [1.54, 1.807) is 11.3 Å². The summed E-state index contributed by atoms with van der Waals surface area (Å²) in [5.74, 6) is 2.13. The second kappa shape index (κ2) is 10.6. The molecule has 53 heavy (non-hydrogen) atoms. The summed E-state index contributed by atoms with van der Waals surface area (Å²) in [5, 5.41) is 6.12. The molecule has 6 aromatic carbocycles. The molecule has 0 saturated carbocycles. The lowest BCUT2D eigenvalue weighted by atomic mass is 9.71. The first-order valence-corrected chi connectivity index (χ1v) is 19.4. The second-order valence-electron chi connectivity index (χ2n) is 16.0. The van der Waals surface area contributed by atoms with Crippen molar-refractivity contribution in [2.45, 2.75) is 45.4 Å². The maximum absolute atomic E-state index is 5.46. The van der Waals surface area contributed by atoms with Gasteiger partial charge in [0, 0.05) is 37.2 Å². The molecule has 0 bridgehead atoms. The zero-order valence-corrected chi connectivity index (χ0v) is 31.3. The first kappa shape index (κ1) is 30.8. The van der Waals surface area contributed by atoms with Gasteiger partial charge in [-0.1, -0.05) is 132 Å². The standard InChI is InChI=1S/C48H38N4S/c1-28-47(2,3)35-21-15-24-38(42(35)48(28,4)5)51-36-22-12-9-18-30(36)33-26-34-31-19-10-13-23-37(31)52(40(34)27-39(33)51)46-44-43(32-20-11-14-25-41(32)53-44)49-45(50-46)29-16-7-6-8-17-29/h6-28H,1-5H3. The van der Waals surface area contributed by atoms with Gasteiger partial charge in [0.1, 0.15) is 0 Å². The van der Waals surface area contributed by atoms with Crippen LogP contribution in [-0.2, 0) is 10.8 Å². The van der Waals surface area contributed by atoms with E-state index in [9.17, 15) is 0 Å². The summed E-state index contributed by atoms with van der Waals surface area (Å²) in [6.45, 7) is 12.1. The monoisotopic (exact) mass is 702 g/mol. The fourth-order valence-corrected chi connectivity index (χ4v) is 10.8. The molecule has 1 aliphatic rings. The Morgan fingerprint density at radius 1 is 0.547 bits per heavy atom. The molecule has 10 aromatic rings. The first-order chi connectivity index (χ1) is 25.7. The Kier molecular flexibility index (Phi) is 6.19. The first-order valence-electron chi connectivity index (χ1n) is 18.6. The Labute approximate surface area is 312 Å². The molecule has 5 heteroatoms. The van der Waals surface area contributed by atoms with Crippen molar-refractivity contribution in [2.24, 2.45) is 5.92 Å². The van der Waals surface area contributed by atoms with Crippen LogP contribution in [0.15, 0.2) is 133 Å². The van der Waals surface area contributed by atoms with Gasteiger partial charge in [-0.25, -0.2) is 9.97 Å². The average molecular weight is 703 g/mol. The minimum absolute atomic E-state index is 0.00625. The summed E-state index contributed by atoms with van der Waals surface area (Å²) in [7, 11) is 0. The van der Waals surface area contributed by atoms with E-state index < -0.39 is 0 Å². The molecule has 1 aliphatic carbocycles. The summed E-state index contributed by atoms with van der Waals surface area (Å²) in [5.41, 5.74) is 11.0. The van der Waals surface area contributed by atoms with Crippen LogP contribution in [0.2, 0.25) is 0 Å². The highest BCUT2D eigenvalue weighted by Crippen LogP contribution is 2.56. The number of fused-ring (bicyclic) bond motifs is 10. The van der Waals surface area contributed by atoms with Crippen LogP contribution < -0.4 is 0 Å². The molecule has 0 radical (unpaired) electrons. The highest BCUT2D eigenvalue weighted by atomic mass is 32.1. The van der Waals surface area contributed by atoms with Gasteiger partial charge < -0.3 is 4.57 Å². The van der Waals surface area contributed by atoms with Crippen LogP contribution in [0.4, 0.5) is 0 Å². The molecule has 4 nitrogen and oxygen atoms in total. The van der Waals surface area contributed by atoms with Gasteiger partial charge in [-0.05, 0) is 64.3 Å². The molecule has 0 spiro atoms. The minimum atomic E-state index is -0.00625. The molecule has 4 heterocycles. The Bertz CT molecular complexity index is 3140. The predicted molar refractivity (Wildman–Crippen MR) is 224 cm³/mol. The van der Waals surface area contributed by atoms with Crippen molar-refractivity contribution < 1.29 is 0 Å². The van der Waals surface area contributed by atoms with Gasteiger partial charge in [0.25, 0.3) is 0 Å². The lowest BCUT2D eigenvalue weighted by Gasteiger charge is -2.33. The molecule has 0 amide bonds. The summed E-state index contributed by atoms with van der Waals surface area (Å²) in [6.07, 6.45) is 0. The zero-order chi connectivity index (χ0) is 35.8. The number of thiophene rings is 1. The van der Waals surface area contributed by atoms with Gasteiger partial charge in [0.2, 0.25) is 0 Å². The molecule has 11 rings (SSSR count). The number of hydrogen-bond acceptors (Lipinski definition) is 3. The van der Waals surface area contributed by atoms with Crippen molar-refractivity contribution >= 4 is 75.3 Å². The van der Waals surface area contributed by atoms with Gasteiger partial charge in [-0.2, -0.15) is 0 Å². The predicted octanol–water partition coefficient (Wildman–Crippen LogP) is 12.9. The number of benzene rings is 6. The number of para-hydroxylation sites is 2. The Morgan fingerprint density at radius 3 is 1.91 bits per heavy atom. The summed E-state index contributed by atoms with van der Waals surface area (Å²) in [6, 6.07) is 48.6. The second-order valence-corrected chi connectivity index (χ2v) is 17.0. The van der Waals surface area contributed by atoms with Crippen LogP contribution in [0.1, 0.15) is 45.7 Å². The van der Waals surface area contributed by atoms with Crippen molar-refractivity contribution in [3.8, 4) is 22.9 Å². The molecule has 0 N–H and O–H groups in total. The van der Waals surface area contributed by atoms with Crippen molar-refractivity contribution in [1.29, 1.82) is 0 Å². The number of nitrogens with zero attached hydrogens (tertiary/aromatic N) is 4. The van der Waals surface area contributed by atoms with E-state index in [1.807, 2.05) is 6.07 Å². The average Bonchev–Trinajstić information content (AvgIpc) is 3.86. The summed E-state index contributed by atoms with van der Waals surface area (Å²) in [4.78, 5) is 10.7. The number of hydrogen-bond donors (Lipinski definition) is 0. The SMILES string of the molecule is CC1C(C)(C)c2cccc(-n3c4ccccc4c4cc5c6ccccc6n(-c6nc(-c7ccccc7)nc7c6sc6ccccc67)c5cc43)c2C1(C)C. The van der Waals surface area contributed by atoms with Gasteiger partial charge in [0.15, 0.2) is 11.6 Å². The molecule has 1 atom stereocenters. The molecule has 0 fully saturated rings. The van der Waals surface area contributed by atoms with Crippen LogP contribution in [0.3, 0.4) is 0 Å². The molecular formula is C48H38N4S. The zero-order valence-electron chi connectivity index (χ0n) is 30.5. The maximum atomic E-state index is 5.46. The Balaban J connectivity index is 1.30. The van der Waals surface area contributed by atoms with Gasteiger partial charge in [-0.15, -0.1) is 11.3 Å². The van der Waals surface area contributed by atoms with E-state index in [0.717, 1.165) is 43.8 Å². The normalized spacial score (nSPS) is 16.5. The molecule has 0 aliphatic heterocycles. The van der Waals surface area contributed by atoms with Crippen LogP contribution in [0.5, 0.6) is 0 Å². The van der Waals surface area contributed by atoms with Gasteiger partial charge in [0.05, 0.1) is 38.0 Å². The number of aromatic nitrogens is 4. The molecular weight excluding hydrogens is 665 g/mol. The van der Waals surface area contributed by atoms with Crippen molar-refractivity contribution in [3.05, 3.63) is 145 Å². The molecule has 4 aromatic heterocycles. The molecule has 256 valence electrons. The van der Waals surface area contributed by atoms with Crippen molar-refractivity contribution in [1.82, 2.24) is 19.1 Å². The smallest absolute Gasteiger partial charge is 0.162 e. The minimum Gasteiger partial charge on any atom is -0.309 e. The van der Waals surface area contributed by atoms with E-state index >= 15 is 0 Å². The van der Waals surface area contributed by atoms with E-state index in [4.69, 9.17) is 9.97 Å². The highest BCUT2D eigenvalue weighted by molar-refractivity contribution is 7.26. The molecule has 0 saturated heterocycles. The van der Waals surface area contributed by atoms with E-state index in [0.29, 0.717) is 5.92 Å².